The number of nitrogens with zero attached hydrogens (tertiary/aromatic N) is 1. The van der Waals surface area contributed by atoms with Crippen LogP contribution in [0.25, 0.3) is 0 Å². The molecule has 1 heterocycles. The first-order valence-corrected chi connectivity index (χ1v) is 9.54. The standard InChI is InChI=1S/C23H27NO5/c1-27-21-8-4-6-18(12-21)16-28-17-20(25)14-24(15-22-9-5-11-29-22)13-19-7-2-3-10-23(19)26/h2-12,20,25-26H,13-17H2,1H3. The number of hydrogen-bond donors (Lipinski definition) is 2. The summed E-state index contributed by atoms with van der Waals surface area (Å²) in [6, 6.07) is 18.6. The second-order valence-electron chi connectivity index (χ2n) is 6.90. The molecule has 0 saturated heterocycles. The van der Waals surface area contributed by atoms with Gasteiger partial charge in [-0.05, 0) is 35.9 Å². The van der Waals surface area contributed by atoms with Crippen LogP contribution in [0.1, 0.15) is 16.9 Å². The maximum Gasteiger partial charge on any atom is 0.120 e. The Bertz CT molecular complexity index is 865. The Balaban J connectivity index is 1.55. The molecular weight excluding hydrogens is 370 g/mol. The van der Waals surface area contributed by atoms with E-state index in [1.165, 1.54) is 0 Å². The van der Waals surface area contributed by atoms with Gasteiger partial charge in [0.1, 0.15) is 17.3 Å². The van der Waals surface area contributed by atoms with Crippen molar-refractivity contribution in [1.82, 2.24) is 4.90 Å². The van der Waals surface area contributed by atoms with Gasteiger partial charge in [0.05, 0.1) is 39.2 Å². The molecule has 1 atom stereocenters. The summed E-state index contributed by atoms with van der Waals surface area (Å²) in [6.45, 7) is 1.99. The third-order valence-electron chi connectivity index (χ3n) is 4.53. The van der Waals surface area contributed by atoms with Crippen LogP contribution in [-0.2, 0) is 24.4 Å². The summed E-state index contributed by atoms with van der Waals surface area (Å²) in [7, 11) is 1.63. The Morgan fingerprint density at radius 3 is 2.66 bits per heavy atom. The molecule has 0 aliphatic heterocycles. The van der Waals surface area contributed by atoms with Gasteiger partial charge in [0.15, 0.2) is 0 Å². The van der Waals surface area contributed by atoms with E-state index in [1.54, 1.807) is 25.5 Å². The molecule has 29 heavy (non-hydrogen) atoms. The lowest BCUT2D eigenvalue weighted by atomic mass is 10.1. The van der Waals surface area contributed by atoms with Crippen molar-refractivity contribution in [3.63, 3.8) is 0 Å². The Kier molecular flexibility index (Phi) is 7.69. The van der Waals surface area contributed by atoms with Crippen LogP contribution in [0.4, 0.5) is 0 Å². The lowest BCUT2D eigenvalue weighted by molar-refractivity contribution is 0.00599. The molecule has 3 rings (SSSR count). The Hall–Kier alpha value is -2.80. The Labute approximate surface area is 170 Å². The van der Waals surface area contributed by atoms with Crippen molar-refractivity contribution >= 4 is 0 Å². The number of benzene rings is 2. The average Bonchev–Trinajstić information content (AvgIpc) is 3.23. The van der Waals surface area contributed by atoms with Gasteiger partial charge in [-0.25, -0.2) is 0 Å². The minimum Gasteiger partial charge on any atom is -0.508 e. The van der Waals surface area contributed by atoms with Crippen LogP contribution < -0.4 is 4.74 Å². The van der Waals surface area contributed by atoms with Gasteiger partial charge in [-0.3, -0.25) is 4.90 Å². The molecular formula is C23H27NO5. The molecule has 6 heteroatoms. The molecule has 1 unspecified atom stereocenters. The van der Waals surface area contributed by atoms with Crippen molar-refractivity contribution in [3.05, 3.63) is 83.8 Å². The maximum absolute atomic E-state index is 10.5. The zero-order valence-electron chi connectivity index (χ0n) is 16.5. The highest BCUT2D eigenvalue weighted by Crippen LogP contribution is 2.19. The van der Waals surface area contributed by atoms with Crippen molar-refractivity contribution in [2.45, 2.75) is 25.8 Å². The minimum atomic E-state index is -0.679. The molecule has 1 aromatic heterocycles. The number of rotatable bonds is 11. The molecule has 2 N–H and O–H groups in total. The molecule has 0 bridgehead atoms. The van der Waals surface area contributed by atoms with Gasteiger partial charge >= 0.3 is 0 Å². The minimum absolute atomic E-state index is 0.201. The molecule has 0 amide bonds. The predicted octanol–water partition coefficient (Wildman–Crippen LogP) is 3.57. The van der Waals surface area contributed by atoms with Gasteiger partial charge in [0.2, 0.25) is 0 Å². The van der Waals surface area contributed by atoms with Crippen molar-refractivity contribution < 1.29 is 24.1 Å². The highest BCUT2D eigenvalue weighted by atomic mass is 16.5. The molecule has 2 aromatic carbocycles. The zero-order valence-corrected chi connectivity index (χ0v) is 16.5. The third kappa shape index (κ3) is 6.64. The fourth-order valence-electron chi connectivity index (χ4n) is 3.12. The highest BCUT2D eigenvalue weighted by molar-refractivity contribution is 5.31. The average molecular weight is 397 g/mol. The maximum atomic E-state index is 10.5. The number of hydrogen-bond acceptors (Lipinski definition) is 6. The molecule has 0 spiro atoms. The van der Waals surface area contributed by atoms with Gasteiger partial charge in [0, 0.05) is 18.7 Å². The Morgan fingerprint density at radius 2 is 1.90 bits per heavy atom. The van der Waals surface area contributed by atoms with Crippen molar-refractivity contribution in [2.24, 2.45) is 0 Å². The van der Waals surface area contributed by atoms with E-state index in [1.807, 2.05) is 53.4 Å². The summed E-state index contributed by atoms with van der Waals surface area (Å²) in [5, 5.41) is 20.6. The fraction of sp³-hybridized carbons (Fsp3) is 0.304. The van der Waals surface area contributed by atoms with Crippen molar-refractivity contribution in [2.75, 3.05) is 20.3 Å². The molecule has 0 saturated carbocycles. The Morgan fingerprint density at radius 1 is 1.03 bits per heavy atom. The number of phenolic OH excluding ortho intramolecular Hbond substituents is 1. The SMILES string of the molecule is COc1cccc(COCC(O)CN(Cc2ccco2)Cc2ccccc2O)c1. The number of methoxy groups -OCH3 is 1. The van der Waals surface area contributed by atoms with Gasteiger partial charge in [-0.1, -0.05) is 30.3 Å². The summed E-state index contributed by atoms with van der Waals surface area (Å²) in [4.78, 5) is 2.02. The monoisotopic (exact) mass is 397 g/mol. The number of furan rings is 1. The third-order valence-corrected chi connectivity index (χ3v) is 4.53. The second-order valence-corrected chi connectivity index (χ2v) is 6.90. The molecule has 3 aromatic rings. The van der Waals surface area contributed by atoms with Gasteiger partial charge in [-0.15, -0.1) is 0 Å². The van der Waals surface area contributed by atoms with E-state index >= 15 is 0 Å². The van der Waals surface area contributed by atoms with E-state index in [0.29, 0.717) is 26.2 Å². The largest absolute Gasteiger partial charge is 0.508 e. The van der Waals surface area contributed by atoms with Crippen LogP contribution in [0, 0.1) is 0 Å². The molecule has 0 aliphatic carbocycles. The topological polar surface area (TPSA) is 75.3 Å². The molecule has 0 fully saturated rings. The smallest absolute Gasteiger partial charge is 0.120 e. The van der Waals surface area contributed by atoms with E-state index in [0.717, 1.165) is 22.6 Å². The van der Waals surface area contributed by atoms with Gasteiger partial charge in [0.25, 0.3) is 0 Å². The van der Waals surface area contributed by atoms with Gasteiger partial charge < -0.3 is 24.1 Å². The van der Waals surface area contributed by atoms with E-state index in [2.05, 4.69) is 0 Å². The van der Waals surface area contributed by atoms with Crippen LogP contribution >= 0.6 is 0 Å². The van der Waals surface area contributed by atoms with E-state index in [-0.39, 0.29) is 12.4 Å². The second kappa shape index (κ2) is 10.7. The van der Waals surface area contributed by atoms with Gasteiger partial charge in [-0.2, -0.15) is 0 Å². The van der Waals surface area contributed by atoms with Crippen LogP contribution in [-0.4, -0.2) is 41.5 Å². The summed E-state index contributed by atoms with van der Waals surface area (Å²) in [6.07, 6.45) is 0.947. The lowest BCUT2D eigenvalue weighted by Crippen LogP contribution is -2.34. The van der Waals surface area contributed by atoms with E-state index in [9.17, 15) is 10.2 Å². The highest BCUT2D eigenvalue weighted by Gasteiger charge is 2.16. The molecule has 0 aliphatic rings. The summed E-state index contributed by atoms with van der Waals surface area (Å²) in [5.41, 5.74) is 1.78. The van der Waals surface area contributed by atoms with Crippen LogP contribution in [0.3, 0.4) is 0 Å². The quantitative estimate of drug-likeness (QED) is 0.515. The number of aliphatic hydroxyl groups excluding tert-OH is 1. The molecule has 0 radical (unpaired) electrons. The number of aliphatic hydroxyl groups is 1. The van der Waals surface area contributed by atoms with Crippen LogP contribution in [0.2, 0.25) is 0 Å². The number of ether oxygens (including phenoxy) is 2. The van der Waals surface area contributed by atoms with E-state index < -0.39 is 6.10 Å². The first kappa shape index (κ1) is 20.9. The summed E-state index contributed by atoms with van der Waals surface area (Å²) < 4.78 is 16.3. The number of para-hydroxylation sites is 1. The summed E-state index contributed by atoms with van der Waals surface area (Å²) in [5.74, 6) is 1.81. The van der Waals surface area contributed by atoms with Crippen molar-refractivity contribution in [3.8, 4) is 11.5 Å². The lowest BCUT2D eigenvalue weighted by Gasteiger charge is -2.24. The first-order valence-electron chi connectivity index (χ1n) is 9.54. The number of aromatic hydroxyl groups is 1. The first-order chi connectivity index (χ1) is 14.1. The zero-order chi connectivity index (χ0) is 20.5. The molecule has 6 nitrogen and oxygen atoms in total. The molecule has 154 valence electrons. The van der Waals surface area contributed by atoms with Crippen LogP contribution in [0.5, 0.6) is 11.5 Å². The van der Waals surface area contributed by atoms with Crippen molar-refractivity contribution in [1.29, 1.82) is 0 Å². The van der Waals surface area contributed by atoms with Crippen LogP contribution in [0.15, 0.2) is 71.3 Å². The summed E-state index contributed by atoms with van der Waals surface area (Å²) >= 11 is 0. The van der Waals surface area contributed by atoms with E-state index in [4.69, 9.17) is 13.9 Å². The number of phenols is 1. The fourth-order valence-corrected chi connectivity index (χ4v) is 3.12. The normalized spacial score (nSPS) is 12.2. The predicted molar refractivity (Wildman–Crippen MR) is 110 cm³/mol.